The molecule has 2 saturated heterocycles. The van der Waals surface area contributed by atoms with Crippen LogP contribution in [0.15, 0.2) is 24.3 Å². The minimum absolute atomic E-state index is 0.0478. The molecule has 24 heavy (non-hydrogen) atoms. The average molecular weight is 330 g/mol. The molecule has 2 heterocycles. The van der Waals surface area contributed by atoms with E-state index in [1.54, 1.807) is 0 Å². The first kappa shape index (κ1) is 16.8. The van der Waals surface area contributed by atoms with Gasteiger partial charge >= 0.3 is 0 Å². The molecule has 0 aromatic heterocycles. The Labute approximate surface area is 143 Å². The molecule has 0 saturated carbocycles. The molecule has 1 atom stereocenters. The fourth-order valence-corrected chi connectivity index (χ4v) is 3.35. The van der Waals surface area contributed by atoms with Crippen LogP contribution in [0.5, 0.6) is 5.75 Å². The second-order valence-corrected chi connectivity index (χ2v) is 7.88. The SMILES string of the molecule is Cc1cccc(OC2CN(C(=O)[C@@H]3CC(=O)N(C(C)(C)C)C3)C2)c1. The Hall–Kier alpha value is -2.04. The van der Waals surface area contributed by atoms with Gasteiger partial charge in [0.1, 0.15) is 11.9 Å². The molecule has 2 fully saturated rings. The first-order valence-electron chi connectivity index (χ1n) is 8.56. The van der Waals surface area contributed by atoms with Crippen molar-refractivity contribution in [3.8, 4) is 5.75 Å². The van der Waals surface area contributed by atoms with Gasteiger partial charge < -0.3 is 14.5 Å². The van der Waals surface area contributed by atoms with E-state index in [0.717, 1.165) is 11.3 Å². The number of carbonyl (C=O) groups is 2. The van der Waals surface area contributed by atoms with Crippen molar-refractivity contribution in [3.05, 3.63) is 29.8 Å². The van der Waals surface area contributed by atoms with Crippen LogP contribution in [0, 0.1) is 12.8 Å². The molecule has 0 radical (unpaired) electrons. The van der Waals surface area contributed by atoms with Crippen LogP contribution in [0.4, 0.5) is 0 Å². The summed E-state index contributed by atoms with van der Waals surface area (Å²) >= 11 is 0. The van der Waals surface area contributed by atoms with E-state index in [1.807, 2.05) is 61.8 Å². The Bertz CT molecular complexity index is 644. The van der Waals surface area contributed by atoms with Gasteiger partial charge in [0.15, 0.2) is 0 Å². The van der Waals surface area contributed by atoms with Gasteiger partial charge in [0, 0.05) is 18.5 Å². The van der Waals surface area contributed by atoms with Crippen LogP contribution in [-0.4, -0.2) is 52.9 Å². The highest BCUT2D eigenvalue weighted by molar-refractivity contribution is 5.90. The highest BCUT2D eigenvalue weighted by Crippen LogP contribution is 2.29. The normalized spacial score (nSPS) is 21.8. The van der Waals surface area contributed by atoms with Crippen molar-refractivity contribution in [1.29, 1.82) is 0 Å². The van der Waals surface area contributed by atoms with Crippen LogP contribution in [0.25, 0.3) is 0 Å². The highest BCUT2D eigenvalue weighted by atomic mass is 16.5. The summed E-state index contributed by atoms with van der Waals surface area (Å²) in [5.41, 5.74) is 0.934. The van der Waals surface area contributed by atoms with E-state index in [9.17, 15) is 9.59 Å². The quantitative estimate of drug-likeness (QED) is 0.854. The minimum atomic E-state index is -0.224. The van der Waals surface area contributed by atoms with E-state index < -0.39 is 0 Å². The summed E-state index contributed by atoms with van der Waals surface area (Å²) in [5, 5.41) is 0. The number of likely N-dealkylation sites (tertiary alicyclic amines) is 2. The van der Waals surface area contributed by atoms with Crippen molar-refractivity contribution >= 4 is 11.8 Å². The Morgan fingerprint density at radius 3 is 2.50 bits per heavy atom. The Kier molecular flexibility index (Phi) is 4.28. The van der Waals surface area contributed by atoms with Gasteiger partial charge in [-0.2, -0.15) is 0 Å². The van der Waals surface area contributed by atoms with Gasteiger partial charge in [-0.05, 0) is 45.4 Å². The van der Waals surface area contributed by atoms with Gasteiger partial charge in [-0.1, -0.05) is 12.1 Å². The maximum absolute atomic E-state index is 12.6. The van der Waals surface area contributed by atoms with Crippen LogP contribution >= 0.6 is 0 Å². The maximum atomic E-state index is 12.6. The second kappa shape index (κ2) is 6.11. The van der Waals surface area contributed by atoms with Gasteiger partial charge in [-0.3, -0.25) is 9.59 Å². The van der Waals surface area contributed by atoms with Gasteiger partial charge in [-0.25, -0.2) is 0 Å². The van der Waals surface area contributed by atoms with E-state index >= 15 is 0 Å². The summed E-state index contributed by atoms with van der Waals surface area (Å²) < 4.78 is 5.90. The number of hydrogen-bond donors (Lipinski definition) is 0. The zero-order chi connectivity index (χ0) is 17.5. The molecule has 5 heteroatoms. The molecule has 0 unspecified atom stereocenters. The number of ether oxygens (including phenoxy) is 1. The molecule has 0 N–H and O–H groups in total. The van der Waals surface area contributed by atoms with Gasteiger partial charge in [0.05, 0.1) is 19.0 Å². The van der Waals surface area contributed by atoms with Crippen molar-refractivity contribution in [1.82, 2.24) is 9.80 Å². The summed E-state index contributed by atoms with van der Waals surface area (Å²) in [7, 11) is 0. The van der Waals surface area contributed by atoms with E-state index in [4.69, 9.17) is 4.74 Å². The number of nitrogens with zero attached hydrogens (tertiary/aromatic N) is 2. The minimum Gasteiger partial charge on any atom is -0.487 e. The molecule has 5 nitrogen and oxygen atoms in total. The molecule has 1 aromatic carbocycles. The molecule has 3 rings (SSSR count). The second-order valence-electron chi connectivity index (χ2n) is 7.88. The van der Waals surface area contributed by atoms with Crippen molar-refractivity contribution in [2.24, 2.45) is 5.92 Å². The zero-order valence-corrected chi connectivity index (χ0v) is 14.9. The Morgan fingerprint density at radius 2 is 1.92 bits per heavy atom. The van der Waals surface area contributed by atoms with Crippen LogP contribution in [0.3, 0.4) is 0 Å². The van der Waals surface area contributed by atoms with Crippen molar-refractivity contribution < 1.29 is 14.3 Å². The summed E-state index contributed by atoms with van der Waals surface area (Å²) in [6.07, 6.45) is 0.377. The molecule has 0 bridgehead atoms. The van der Waals surface area contributed by atoms with Crippen LogP contribution in [0.1, 0.15) is 32.8 Å². The van der Waals surface area contributed by atoms with Crippen LogP contribution < -0.4 is 4.74 Å². The number of rotatable bonds is 3. The van der Waals surface area contributed by atoms with Gasteiger partial charge in [0.25, 0.3) is 0 Å². The van der Waals surface area contributed by atoms with Crippen LogP contribution in [0.2, 0.25) is 0 Å². The van der Waals surface area contributed by atoms with Crippen molar-refractivity contribution in [2.75, 3.05) is 19.6 Å². The Morgan fingerprint density at radius 1 is 1.21 bits per heavy atom. The predicted molar refractivity (Wildman–Crippen MR) is 91.7 cm³/mol. The fourth-order valence-electron chi connectivity index (χ4n) is 3.35. The lowest BCUT2D eigenvalue weighted by atomic mass is 10.0. The molecule has 0 aliphatic carbocycles. The summed E-state index contributed by atoms with van der Waals surface area (Å²) in [6, 6.07) is 7.94. The number of carbonyl (C=O) groups excluding carboxylic acids is 2. The largest absolute Gasteiger partial charge is 0.487 e. The van der Waals surface area contributed by atoms with E-state index in [1.165, 1.54) is 0 Å². The molecular formula is C19H26N2O3. The lowest BCUT2D eigenvalue weighted by molar-refractivity contribution is -0.144. The summed E-state index contributed by atoms with van der Waals surface area (Å²) in [4.78, 5) is 28.3. The Balaban J connectivity index is 1.51. The lowest BCUT2D eigenvalue weighted by Gasteiger charge is -2.40. The molecule has 2 aliphatic heterocycles. The summed E-state index contributed by atoms with van der Waals surface area (Å²) in [6.45, 7) is 9.79. The van der Waals surface area contributed by atoms with Crippen LogP contribution in [-0.2, 0) is 9.59 Å². The first-order valence-corrected chi connectivity index (χ1v) is 8.56. The smallest absolute Gasteiger partial charge is 0.228 e. The van der Waals surface area contributed by atoms with Gasteiger partial charge in [0.2, 0.25) is 11.8 Å². The number of hydrogen-bond acceptors (Lipinski definition) is 3. The third-order valence-corrected chi connectivity index (χ3v) is 4.74. The first-order chi connectivity index (χ1) is 11.2. The van der Waals surface area contributed by atoms with E-state index in [-0.39, 0.29) is 29.4 Å². The molecule has 2 amide bonds. The maximum Gasteiger partial charge on any atom is 0.228 e. The third-order valence-electron chi connectivity index (χ3n) is 4.74. The number of benzene rings is 1. The van der Waals surface area contributed by atoms with E-state index in [0.29, 0.717) is 26.1 Å². The van der Waals surface area contributed by atoms with Crippen molar-refractivity contribution in [2.45, 2.75) is 45.8 Å². The number of amides is 2. The molecule has 1 aromatic rings. The van der Waals surface area contributed by atoms with Crippen molar-refractivity contribution in [3.63, 3.8) is 0 Å². The van der Waals surface area contributed by atoms with Gasteiger partial charge in [-0.15, -0.1) is 0 Å². The molecule has 0 spiro atoms. The predicted octanol–water partition coefficient (Wildman–Crippen LogP) is 2.23. The summed E-state index contributed by atoms with van der Waals surface area (Å²) in [5.74, 6) is 0.798. The molecule has 130 valence electrons. The highest BCUT2D eigenvalue weighted by Gasteiger charge is 2.43. The zero-order valence-electron chi connectivity index (χ0n) is 14.9. The van der Waals surface area contributed by atoms with E-state index in [2.05, 4.69) is 0 Å². The fraction of sp³-hybridized carbons (Fsp3) is 0.579. The number of aryl methyl sites for hydroxylation is 1. The molecule has 2 aliphatic rings. The topological polar surface area (TPSA) is 49.9 Å². The monoisotopic (exact) mass is 330 g/mol. The third kappa shape index (κ3) is 3.40. The average Bonchev–Trinajstić information content (AvgIpc) is 2.84. The lowest BCUT2D eigenvalue weighted by Crippen LogP contribution is -2.58. The molecular weight excluding hydrogens is 304 g/mol. The standard InChI is InChI=1S/C19H26N2O3/c1-13-6-5-7-15(8-13)24-16-11-20(12-16)18(23)14-9-17(22)21(10-14)19(2,3)4/h5-8,14,16H,9-12H2,1-4H3/t14-/m1/s1.